The van der Waals surface area contributed by atoms with Gasteiger partial charge in [0.2, 0.25) is 5.91 Å². The molecule has 1 heterocycles. The number of nitrogens with zero attached hydrogens (tertiary/aromatic N) is 1. The van der Waals surface area contributed by atoms with Crippen LogP contribution in [0, 0.1) is 23.7 Å². The van der Waals surface area contributed by atoms with E-state index in [-0.39, 0.29) is 35.1 Å². The average Bonchev–Trinajstić information content (AvgIpc) is 2.98. The highest BCUT2D eigenvalue weighted by Crippen LogP contribution is 2.63. The first-order valence-electron chi connectivity index (χ1n) is 7.76. The molecule has 5 nitrogen and oxygen atoms in total. The Hall–Kier alpha value is -1.27. The highest BCUT2D eigenvalue weighted by atomic mass is 32.1. The quantitative estimate of drug-likeness (QED) is 0.893. The zero-order chi connectivity index (χ0) is 16.1. The van der Waals surface area contributed by atoms with Gasteiger partial charge in [-0.15, -0.1) is 11.3 Å². The highest BCUT2D eigenvalue weighted by molar-refractivity contribution is 7.15. The fourth-order valence-electron chi connectivity index (χ4n) is 4.10. The van der Waals surface area contributed by atoms with Crippen LogP contribution in [0.3, 0.4) is 0 Å². The Bertz CT molecular complexity index is 625. The van der Waals surface area contributed by atoms with Gasteiger partial charge in [0.15, 0.2) is 10.9 Å². The van der Waals surface area contributed by atoms with Crippen LogP contribution in [-0.4, -0.2) is 29.3 Å². The smallest absolute Gasteiger partial charge is 0.240 e. The second kappa shape index (κ2) is 5.13. The summed E-state index contributed by atoms with van der Waals surface area (Å²) in [6, 6.07) is -0.197. The van der Waals surface area contributed by atoms with Crippen LogP contribution in [0.1, 0.15) is 38.5 Å². The second-order valence-electron chi connectivity index (χ2n) is 7.25. The van der Waals surface area contributed by atoms with Gasteiger partial charge in [-0.1, -0.05) is 20.8 Å². The van der Waals surface area contributed by atoms with E-state index in [1.165, 1.54) is 11.3 Å². The molecule has 2 bridgehead atoms. The molecule has 3 rings (SSSR count). The Morgan fingerprint density at radius 3 is 2.73 bits per heavy atom. The number of thiazole rings is 1. The maximum Gasteiger partial charge on any atom is 0.240 e. The average molecular weight is 321 g/mol. The standard InChI is InChI=1S/C16H23N3O2S/c1-9-7-18-14(22-9)19-11(20)8-17-12-10-5-6-16(4,13(12)21)15(10,2)3/h7,10,12,17H,5-6,8H2,1-4H3,(H,18,19,20). The monoisotopic (exact) mass is 321 g/mol. The van der Waals surface area contributed by atoms with Crippen molar-refractivity contribution in [2.75, 3.05) is 11.9 Å². The fourth-order valence-corrected chi connectivity index (χ4v) is 4.78. The molecule has 2 aliphatic carbocycles. The van der Waals surface area contributed by atoms with Gasteiger partial charge < -0.3 is 5.32 Å². The normalized spacial score (nSPS) is 32.5. The van der Waals surface area contributed by atoms with E-state index < -0.39 is 0 Å². The second-order valence-corrected chi connectivity index (χ2v) is 8.48. The van der Waals surface area contributed by atoms with Crippen molar-refractivity contribution in [2.45, 2.75) is 46.6 Å². The van der Waals surface area contributed by atoms with Crippen LogP contribution >= 0.6 is 11.3 Å². The lowest BCUT2D eigenvalue weighted by molar-refractivity contribution is -0.130. The van der Waals surface area contributed by atoms with E-state index in [4.69, 9.17) is 0 Å². The van der Waals surface area contributed by atoms with Crippen LogP contribution in [0.2, 0.25) is 0 Å². The first-order valence-corrected chi connectivity index (χ1v) is 8.57. The molecule has 0 spiro atoms. The predicted molar refractivity (Wildman–Crippen MR) is 86.9 cm³/mol. The maximum atomic E-state index is 12.7. The van der Waals surface area contributed by atoms with Crippen LogP contribution in [-0.2, 0) is 9.59 Å². The molecule has 6 heteroatoms. The van der Waals surface area contributed by atoms with E-state index in [9.17, 15) is 9.59 Å². The third kappa shape index (κ3) is 2.20. The van der Waals surface area contributed by atoms with Crippen molar-refractivity contribution in [3.8, 4) is 0 Å². The summed E-state index contributed by atoms with van der Waals surface area (Å²) in [6.07, 6.45) is 3.75. The van der Waals surface area contributed by atoms with Gasteiger partial charge in [-0.05, 0) is 31.1 Å². The van der Waals surface area contributed by atoms with Crippen LogP contribution < -0.4 is 10.6 Å². The third-order valence-electron chi connectivity index (χ3n) is 5.88. The number of nitrogens with one attached hydrogen (secondary N) is 2. The Morgan fingerprint density at radius 1 is 1.45 bits per heavy atom. The maximum absolute atomic E-state index is 12.7. The Morgan fingerprint density at radius 2 is 2.18 bits per heavy atom. The van der Waals surface area contributed by atoms with E-state index in [1.807, 2.05) is 6.92 Å². The molecule has 2 aliphatic rings. The number of anilines is 1. The predicted octanol–water partition coefficient (Wildman–Crippen LogP) is 2.37. The van der Waals surface area contributed by atoms with Crippen LogP contribution in [0.5, 0.6) is 0 Å². The minimum atomic E-state index is -0.252. The number of fused-ring (bicyclic) bond motifs is 2. The van der Waals surface area contributed by atoms with Gasteiger partial charge in [-0.3, -0.25) is 14.9 Å². The van der Waals surface area contributed by atoms with Crippen molar-refractivity contribution >= 4 is 28.2 Å². The number of aryl methyl sites for hydroxylation is 1. The summed E-state index contributed by atoms with van der Waals surface area (Å²) < 4.78 is 0. The van der Waals surface area contributed by atoms with Gasteiger partial charge in [-0.25, -0.2) is 4.98 Å². The van der Waals surface area contributed by atoms with Crippen LogP contribution in [0.15, 0.2) is 6.20 Å². The summed E-state index contributed by atoms with van der Waals surface area (Å²) in [6.45, 7) is 8.54. The Labute approximate surface area is 134 Å². The number of ketones is 1. The molecule has 1 aromatic heterocycles. The van der Waals surface area contributed by atoms with Crippen molar-refractivity contribution in [2.24, 2.45) is 16.7 Å². The summed E-state index contributed by atoms with van der Waals surface area (Å²) in [7, 11) is 0. The van der Waals surface area contributed by atoms with Gasteiger partial charge >= 0.3 is 0 Å². The van der Waals surface area contributed by atoms with Crippen molar-refractivity contribution in [3.05, 3.63) is 11.1 Å². The van der Waals surface area contributed by atoms with Gasteiger partial charge in [0.25, 0.3) is 0 Å². The van der Waals surface area contributed by atoms with Crippen molar-refractivity contribution in [3.63, 3.8) is 0 Å². The zero-order valence-corrected chi connectivity index (χ0v) is 14.3. The third-order valence-corrected chi connectivity index (χ3v) is 6.71. The number of aromatic nitrogens is 1. The number of amides is 1. The topological polar surface area (TPSA) is 71.1 Å². The van der Waals surface area contributed by atoms with Crippen molar-refractivity contribution in [1.82, 2.24) is 10.3 Å². The molecule has 0 radical (unpaired) electrons. The van der Waals surface area contributed by atoms with E-state index in [0.717, 1.165) is 17.7 Å². The van der Waals surface area contributed by atoms with E-state index in [2.05, 4.69) is 36.4 Å². The minimum Gasteiger partial charge on any atom is -0.301 e. The van der Waals surface area contributed by atoms with E-state index in [0.29, 0.717) is 11.0 Å². The largest absolute Gasteiger partial charge is 0.301 e. The molecule has 3 atom stereocenters. The first kappa shape index (κ1) is 15.6. The molecule has 1 aromatic rings. The lowest BCUT2D eigenvalue weighted by Gasteiger charge is -2.32. The van der Waals surface area contributed by atoms with E-state index in [1.54, 1.807) is 6.20 Å². The summed E-state index contributed by atoms with van der Waals surface area (Å²) in [5, 5.41) is 6.56. The molecule has 0 aliphatic heterocycles. The lowest BCUT2D eigenvalue weighted by atomic mass is 9.70. The Balaban J connectivity index is 1.61. The molecule has 120 valence electrons. The Kier molecular flexibility index (Phi) is 3.64. The highest BCUT2D eigenvalue weighted by Gasteiger charge is 2.66. The molecule has 3 unspecified atom stereocenters. The molecule has 2 saturated carbocycles. The molecular weight excluding hydrogens is 298 g/mol. The SMILES string of the molecule is Cc1cnc(NC(=O)CNC2C(=O)C3(C)CCC2C3(C)C)s1. The lowest BCUT2D eigenvalue weighted by Crippen LogP contribution is -2.46. The van der Waals surface area contributed by atoms with Crippen LogP contribution in [0.25, 0.3) is 0 Å². The number of hydrogen-bond acceptors (Lipinski definition) is 5. The molecule has 2 fully saturated rings. The molecular formula is C16H23N3O2S. The summed E-state index contributed by atoms with van der Waals surface area (Å²) in [5.74, 6) is 0.444. The van der Waals surface area contributed by atoms with Crippen LogP contribution in [0.4, 0.5) is 5.13 Å². The minimum absolute atomic E-state index is 0.00461. The van der Waals surface area contributed by atoms with Gasteiger partial charge in [0.05, 0.1) is 12.6 Å². The summed E-state index contributed by atoms with van der Waals surface area (Å²) in [4.78, 5) is 29.9. The number of Topliss-reactive ketones (excluding diaryl/α,β-unsaturated/α-hetero) is 1. The number of rotatable bonds is 4. The summed E-state index contributed by atoms with van der Waals surface area (Å²) in [5.41, 5.74) is -0.247. The molecule has 0 aromatic carbocycles. The molecule has 1 amide bonds. The summed E-state index contributed by atoms with van der Waals surface area (Å²) >= 11 is 1.45. The van der Waals surface area contributed by atoms with Gasteiger partial charge in [-0.2, -0.15) is 0 Å². The fraction of sp³-hybridized carbons (Fsp3) is 0.688. The number of hydrogen-bond donors (Lipinski definition) is 2. The molecule has 2 N–H and O–H groups in total. The van der Waals surface area contributed by atoms with Gasteiger partial charge in [0.1, 0.15) is 0 Å². The number of carbonyl (C=O) groups excluding carboxylic acids is 2. The van der Waals surface area contributed by atoms with E-state index >= 15 is 0 Å². The first-order chi connectivity index (χ1) is 10.3. The zero-order valence-electron chi connectivity index (χ0n) is 13.5. The number of carbonyl (C=O) groups is 2. The molecule has 0 saturated heterocycles. The molecule has 22 heavy (non-hydrogen) atoms. The van der Waals surface area contributed by atoms with Crippen molar-refractivity contribution < 1.29 is 9.59 Å². The van der Waals surface area contributed by atoms with Crippen molar-refractivity contribution in [1.29, 1.82) is 0 Å². The van der Waals surface area contributed by atoms with Gasteiger partial charge in [0, 0.05) is 16.5 Å².